The molecule has 2 N–H and O–H groups in total. The predicted octanol–water partition coefficient (Wildman–Crippen LogP) is 3.21. The number of carbonyl (C=O) groups is 3. The number of aliphatic carboxylic acids is 1. The molecule has 0 radical (unpaired) electrons. The van der Waals surface area contributed by atoms with Crippen molar-refractivity contribution in [2.75, 3.05) is 12.9 Å². The molecule has 28 heavy (non-hydrogen) atoms. The summed E-state index contributed by atoms with van der Waals surface area (Å²) in [7, 11) is 1.14. The van der Waals surface area contributed by atoms with E-state index in [4.69, 9.17) is 4.74 Å². The fraction of sp³-hybridized carbons (Fsp3) is 0.438. The van der Waals surface area contributed by atoms with E-state index >= 15 is 0 Å². The molecule has 0 saturated carbocycles. The summed E-state index contributed by atoms with van der Waals surface area (Å²) in [6.07, 6.45) is -0.919. The van der Waals surface area contributed by atoms with Gasteiger partial charge in [-0.2, -0.15) is 0 Å². The maximum Gasteiger partial charge on any atom is 0.408 e. The summed E-state index contributed by atoms with van der Waals surface area (Å²) in [6.45, 7) is 4.88. The van der Waals surface area contributed by atoms with Crippen LogP contribution < -0.4 is 5.32 Å². The first-order valence-electron chi connectivity index (χ1n) is 7.77. The number of halogens is 1. The van der Waals surface area contributed by atoms with E-state index in [9.17, 15) is 29.6 Å². The number of nitrogens with zero attached hydrogens (tertiary/aromatic N) is 1. The summed E-state index contributed by atoms with van der Waals surface area (Å²) >= 11 is 3.98. The second-order valence-electron chi connectivity index (χ2n) is 6.40. The Balaban J connectivity index is 3.03. The average molecular weight is 479 g/mol. The van der Waals surface area contributed by atoms with Crippen molar-refractivity contribution in [1.29, 1.82) is 0 Å². The molecule has 0 saturated heterocycles. The Kier molecular flexibility index (Phi) is 8.24. The molecule has 1 atom stereocenters. The summed E-state index contributed by atoms with van der Waals surface area (Å²) in [5.41, 5.74) is -1.25. The number of thioether (sulfide) groups is 1. The van der Waals surface area contributed by atoms with Crippen LogP contribution in [0.1, 0.15) is 31.1 Å². The highest BCUT2D eigenvalue weighted by Gasteiger charge is 2.27. The highest BCUT2D eigenvalue weighted by Crippen LogP contribution is 2.35. The fourth-order valence-corrected chi connectivity index (χ4v) is 3.58. The van der Waals surface area contributed by atoms with Crippen molar-refractivity contribution in [3.63, 3.8) is 0 Å². The number of amides is 1. The van der Waals surface area contributed by atoms with E-state index < -0.39 is 40.3 Å². The van der Waals surface area contributed by atoms with E-state index in [2.05, 4.69) is 26.0 Å². The Morgan fingerprint density at radius 2 is 1.96 bits per heavy atom. The Bertz CT molecular complexity index is 794. The molecule has 1 unspecified atom stereocenters. The van der Waals surface area contributed by atoms with Crippen LogP contribution in [0.5, 0.6) is 0 Å². The summed E-state index contributed by atoms with van der Waals surface area (Å²) < 4.78 is 9.83. The topological polar surface area (TPSA) is 145 Å². The minimum atomic E-state index is -1.35. The Morgan fingerprint density at radius 3 is 2.43 bits per heavy atom. The zero-order chi connectivity index (χ0) is 21.6. The van der Waals surface area contributed by atoms with Crippen molar-refractivity contribution in [3.8, 4) is 0 Å². The maximum absolute atomic E-state index is 11.8. The quantitative estimate of drug-likeness (QED) is 0.261. The lowest BCUT2D eigenvalue weighted by atomic mass is 10.2. The van der Waals surface area contributed by atoms with Gasteiger partial charge < -0.3 is 19.9 Å². The van der Waals surface area contributed by atoms with E-state index in [1.165, 1.54) is 6.07 Å². The van der Waals surface area contributed by atoms with Gasteiger partial charge in [0.15, 0.2) is 0 Å². The minimum absolute atomic E-state index is 0.0415. The van der Waals surface area contributed by atoms with Gasteiger partial charge in [0.1, 0.15) is 11.6 Å². The van der Waals surface area contributed by atoms with E-state index in [-0.39, 0.29) is 20.7 Å². The van der Waals surface area contributed by atoms with Crippen LogP contribution in [-0.4, -0.2) is 52.6 Å². The van der Waals surface area contributed by atoms with Gasteiger partial charge in [-0.25, -0.2) is 14.4 Å². The highest BCUT2D eigenvalue weighted by molar-refractivity contribution is 9.10. The van der Waals surface area contributed by atoms with Gasteiger partial charge in [-0.15, -0.1) is 11.8 Å². The first kappa shape index (κ1) is 23.7. The molecule has 0 aliphatic heterocycles. The number of carboxylic acid groups (broad SMARTS) is 1. The average Bonchev–Trinajstić information content (AvgIpc) is 2.55. The molecule has 0 spiro atoms. The minimum Gasteiger partial charge on any atom is -0.480 e. The zero-order valence-electron chi connectivity index (χ0n) is 15.5. The van der Waals surface area contributed by atoms with Gasteiger partial charge in [0, 0.05) is 16.3 Å². The van der Waals surface area contributed by atoms with Gasteiger partial charge in [0.05, 0.1) is 22.5 Å². The molecular weight excluding hydrogens is 460 g/mol. The molecule has 1 aromatic carbocycles. The number of nitro groups is 1. The molecule has 1 rings (SSSR count). The molecule has 0 aliphatic rings. The van der Waals surface area contributed by atoms with Crippen LogP contribution in [-0.2, 0) is 14.3 Å². The second kappa shape index (κ2) is 9.73. The fourth-order valence-electron chi connectivity index (χ4n) is 1.87. The number of benzene rings is 1. The third-order valence-electron chi connectivity index (χ3n) is 3.05. The molecular formula is C16H19BrN2O8S. The number of methoxy groups -OCH3 is 1. The first-order chi connectivity index (χ1) is 12.9. The number of hydrogen-bond acceptors (Lipinski definition) is 8. The number of carbonyl (C=O) groups excluding carboxylic acids is 2. The van der Waals surface area contributed by atoms with Crippen LogP contribution in [0.4, 0.5) is 10.5 Å². The van der Waals surface area contributed by atoms with Crippen molar-refractivity contribution in [2.45, 2.75) is 37.3 Å². The summed E-state index contributed by atoms with van der Waals surface area (Å²) in [5, 5.41) is 22.8. The molecule has 154 valence electrons. The van der Waals surface area contributed by atoms with E-state index in [0.29, 0.717) is 0 Å². The smallest absolute Gasteiger partial charge is 0.408 e. The SMILES string of the molecule is COC(=O)c1cc([N+](=O)[O-])c(SCC(NC(=O)OC(C)(C)C)C(=O)O)cc1Br. The van der Waals surface area contributed by atoms with Gasteiger partial charge in [-0.1, -0.05) is 0 Å². The summed E-state index contributed by atoms with van der Waals surface area (Å²) in [5.74, 6) is -2.30. The maximum atomic E-state index is 11.8. The Hall–Kier alpha value is -2.34. The van der Waals surface area contributed by atoms with E-state index in [1.54, 1.807) is 20.8 Å². The largest absolute Gasteiger partial charge is 0.480 e. The van der Waals surface area contributed by atoms with E-state index in [0.717, 1.165) is 24.9 Å². The van der Waals surface area contributed by atoms with Crippen molar-refractivity contribution in [2.24, 2.45) is 0 Å². The van der Waals surface area contributed by atoms with Crippen LogP contribution in [0.3, 0.4) is 0 Å². The van der Waals surface area contributed by atoms with Gasteiger partial charge in [-0.3, -0.25) is 10.1 Å². The molecule has 0 heterocycles. The normalized spacial score (nSPS) is 12.0. The van der Waals surface area contributed by atoms with Crippen molar-refractivity contribution in [3.05, 3.63) is 32.3 Å². The summed E-state index contributed by atoms with van der Waals surface area (Å²) in [4.78, 5) is 45.6. The lowest BCUT2D eigenvalue weighted by Crippen LogP contribution is -2.44. The number of alkyl carbamates (subject to hydrolysis) is 1. The van der Waals surface area contributed by atoms with Crippen molar-refractivity contribution in [1.82, 2.24) is 5.32 Å². The predicted molar refractivity (Wildman–Crippen MR) is 104 cm³/mol. The van der Waals surface area contributed by atoms with Crippen LogP contribution in [0.2, 0.25) is 0 Å². The van der Waals surface area contributed by atoms with Gasteiger partial charge in [0.2, 0.25) is 0 Å². The standard InChI is InChI=1S/C16H19BrN2O8S/c1-16(2,3)27-15(23)18-10(13(20)21)7-28-12-6-9(17)8(14(22)26-4)5-11(12)19(24)25/h5-6,10H,7H2,1-4H3,(H,18,23)(H,20,21). The molecule has 0 fully saturated rings. The third kappa shape index (κ3) is 7.00. The Morgan fingerprint density at radius 1 is 1.36 bits per heavy atom. The molecule has 10 nitrogen and oxygen atoms in total. The molecule has 1 amide bonds. The number of rotatable bonds is 7. The third-order valence-corrected chi connectivity index (χ3v) is 4.84. The number of hydrogen-bond donors (Lipinski definition) is 2. The number of nitro benzene ring substituents is 1. The number of ether oxygens (including phenoxy) is 2. The number of esters is 1. The Labute approximate surface area is 173 Å². The van der Waals surface area contributed by atoms with Crippen LogP contribution in [0, 0.1) is 10.1 Å². The van der Waals surface area contributed by atoms with Gasteiger partial charge >= 0.3 is 18.0 Å². The monoisotopic (exact) mass is 478 g/mol. The molecule has 0 aliphatic carbocycles. The van der Waals surface area contributed by atoms with Crippen LogP contribution in [0.25, 0.3) is 0 Å². The van der Waals surface area contributed by atoms with Crippen LogP contribution in [0.15, 0.2) is 21.5 Å². The second-order valence-corrected chi connectivity index (χ2v) is 8.31. The molecule has 0 bridgehead atoms. The molecule has 12 heteroatoms. The zero-order valence-corrected chi connectivity index (χ0v) is 17.9. The van der Waals surface area contributed by atoms with Crippen molar-refractivity contribution < 1.29 is 33.9 Å². The van der Waals surface area contributed by atoms with Crippen molar-refractivity contribution >= 4 is 51.4 Å². The van der Waals surface area contributed by atoms with Gasteiger partial charge in [-0.05, 0) is 42.8 Å². The lowest BCUT2D eigenvalue weighted by Gasteiger charge is -2.21. The number of nitrogens with one attached hydrogen (secondary N) is 1. The van der Waals surface area contributed by atoms with Crippen LogP contribution >= 0.6 is 27.7 Å². The lowest BCUT2D eigenvalue weighted by molar-refractivity contribution is -0.387. The highest BCUT2D eigenvalue weighted by atomic mass is 79.9. The molecule has 0 aromatic heterocycles. The number of carboxylic acids is 1. The first-order valence-corrected chi connectivity index (χ1v) is 9.55. The van der Waals surface area contributed by atoms with Gasteiger partial charge in [0.25, 0.3) is 5.69 Å². The summed E-state index contributed by atoms with van der Waals surface area (Å²) in [6, 6.07) is 1.01. The molecule has 1 aromatic rings. The van der Waals surface area contributed by atoms with E-state index in [1.807, 2.05) is 0 Å².